The predicted molar refractivity (Wildman–Crippen MR) is 108 cm³/mol. The molecule has 152 valence electrons. The van der Waals surface area contributed by atoms with Gasteiger partial charge in [-0.1, -0.05) is 6.07 Å². The average Bonchev–Trinajstić information content (AvgIpc) is 2.63. The molecule has 0 saturated heterocycles. The molecule has 0 aromatic heterocycles. The maximum absolute atomic E-state index is 12.6. The highest BCUT2D eigenvalue weighted by Gasteiger charge is 2.29. The van der Waals surface area contributed by atoms with E-state index in [0.717, 1.165) is 17.7 Å². The Morgan fingerprint density at radius 1 is 1.00 bits per heavy atom. The minimum Gasteiger partial charge on any atom is -0.490 e. The van der Waals surface area contributed by atoms with Gasteiger partial charge in [-0.15, -0.1) is 0 Å². The monoisotopic (exact) mass is 412 g/mol. The third-order valence-corrected chi connectivity index (χ3v) is 4.11. The molecule has 0 aliphatic rings. The Labute approximate surface area is 168 Å². The lowest BCUT2D eigenvalue weighted by Crippen LogP contribution is -2.30. The average molecular weight is 412 g/mol. The van der Waals surface area contributed by atoms with Crippen molar-refractivity contribution in [3.8, 4) is 11.5 Å². The maximum atomic E-state index is 12.6. The SMILES string of the molecule is CCOc1ccc([C@@H](C)NC(=S)Nc2ccc(C(F)(F)F)cc2)cc1OCC. The summed E-state index contributed by atoms with van der Waals surface area (Å²) in [5.41, 5.74) is 0.700. The van der Waals surface area contributed by atoms with Crippen molar-refractivity contribution in [1.29, 1.82) is 0 Å². The van der Waals surface area contributed by atoms with Gasteiger partial charge in [0.2, 0.25) is 0 Å². The van der Waals surface area contributed by atoms with Crippen LogP contribution in [0.1, 0.15) is 37.9 Å². The third-order valence-electron chi connectivity index (χ3n) is 3.89. The highest BCUT2D eigenvalue weighted by atomic mass is 32.1. The number of ether oxygens (including phenoxy) is 2. The van der Waals surface area contributed by atoms with Gasteiger partial charge >= 0.3 is 6.18 Å². The number of anilines is 1. The Kier molecular flexibility index (Phi) is 7.51. The Hall–Kier alpha value is -2.48. The molecular formula is C20H23F3N2O2S. The predicted octanol–water partition coefficient (Wildman–Crippen LogP) is 5.55. The number of rotatable bonds is 7. The van der Waals surface area contributed by atoms with E-state index in [9.17, 15) is 13.2 Å². The lowest BCUT2D eigenvalue weighted by molar-refractivity contribution is -0.137. The molecule has 0 unspecified atom stereocenters. The molecule has 0 aliphatic carbocycles. The fraction of sp³-hybridized carbons (Fsp3) is 0.350. The van der Waals surface area contributed by atoms with Gasteiger partial charge in [-0.25, -0.2) is 0 Å². The van der Waals surface area contributed by atoms with Crippen LogP contribution in [-0.2, 0) is 6.18 Å². The molecule has 2 aromatic rings. The number of hydrogen-bond donors (Lipinski definition) is 2. The van der Waals surface area contributed by atoms with Gasteiger partial charge in [0.15, 0.2) is 16.6 Å². The zero-order valence-corrected chi connectivity index (χ0v) is 16.7. The van der Waals surface area contributed by atoms with Gasteiger partial charge < -0.3 is 20.1 Å². The molecule has 0 radical (unpaired) electrons. The molecule has 0 aliphatic heterocycles. The molecule has 4 nitrogen and oxygen atoms in total. The summed E-state index contributed by atoms with van der Waals surface area (Å²) < 4.78 is 49.1. The fourth-order valence-electron chi connectivity index (χ4n) is 2.53. The highest BCUT2D eigenvalue weighted by molar-refractivity contribution is 7.80. The molecule has 28 heavy (non-hydrogen) atoms. The Balaban J connectivity index is 2.02. The number of halogens is 3. The number of alkyl halides is 3. The van der Waals surface area contributed by atoms with Gasteiger partial charge in [0.1, 0.15) is 0 Å². The zero-order valence-electron chi connectivity index (χ0n) is 15.9. The van der Waals surface area contributed by atoms with Crippen molar-refractivity contribution in [2.45, 2.75) is 33.0 Å². The number of benzene rings is 2. The van der Waals surface area contributed by atoms with Crippen molar-refractivity contribution in [3.05, 3.63) is 53.6 Å². The first-order chi connectivity index (χ1) is 13.2. The van der Waals surface area contributed by atoms with Crippen molar-refractivity contribution >= 4 is 23.0 Å². The molecule has 0 heterocycles. The summed E-state index contributed by atoms with van der Waals surface area (Å²) in [6.07, 6.45) is -4.36. The number of thiocarbonyl (C=S) groups is 1. The van der Waals surface area contributed by atoms with Crippen LogP contribution < -0.4 is 20.1 Å². The van der Waals surface area contributed by atoms with E-state index in [-0.39, 0.29) is 6.04 Å². The van der Waals surface area contributed by atoms with E-state index in [1.54, 1.807) is 0 Å². The summed E-state index contributed by atoms with van der Waals surface area (Å²) in [5, 5.41) is 6.31. The second-order valence-corrected chi connectivity index (χ2v) is 6.38. The van der Waals surface area contributed by atoms with Gasteiger partial charge in [0.25, 0.3) is 0 Å². The van der Waals surface area contributed by atoms with Crippen molar-refractivity contribution in [1.82, 2.24) is 5.32 Å². The van der Waals surface area contributed by atoms with Crippen molar-refractivity contribution in [3.63, 3.8) is 0 Å². The molecular weight excluding hydrogens is 389 g/mol. The molecule has 8 heteroatoms. The normalized spacial score (nSPS) is 12.2. The molecule has 0 spiro atoms. The van der Waals surface area contributed by atoms with Gasteiger partial charge in [-0.05, 0) is 75.0 Å². The second-order valence-electron chi connectivity index (χ2n) is 5.97. The van der Waals surface area contributed by atoms with Gasteiger partial charge in [0, 0.05) is 5.69 Å². The van der Waals surface area contributed by atoms with E-state index in [2.05, 4.69) is 10.6 Å². The summed E-state index contributed by atoms with van der Waals surface area (Å²) in [6, 6.07) is 10.2. The Bertz CT molecular complexity index is 795. The molecule has 0 saturated carbocycles. The molecule has 2 N–H and O–H groups in total. The molecule has 1 atom stereocenters. The third kappa shape index (κ3) is 6.02. The van der Waals surface area contributed by atoms with Crippen molar-refractivity contribution in [2.75, 3.05) is 18.5 Å². The van der Waals surface area contributed by atoms with Crippen LogP contribution in [0.3, 0.4) is 0 Å². The number of hydrogen-bond acceptors (Lipinski definition) is 3. The van der Waals surface area contributed by atoms with Crippen LogP contribution in [0.25, 0.3) is 0 Å². The summed E-state index contributed by atoms with van der Waals surface area (Å²) in [7, 11) is 0. The summed E-state index contributed by atoms with van der Waals surface area (Å²) >= 11 is 5.27. The summed E-state index contributed by atoms with van der Waals surface area (Å²) in [4.78, 5) is 0. The minimum absolute atomic E-state index is 0.149. The molecule has 0 amide bonds. The van der Waals surface area contributed by atoms with E-state index in [1.807, 2.05) is 39.0 Å². The van der Waals surface area contributed by atoms with Gasteiger partial charge in [-0.3, -0.25) is 0 Å². The first-order valence-electron chi connectivity index (χ1n) is 8.88. The lowest BCUT2D eigenvalue weighted by Gasteiger charge is -2.19. The van der Waals surface area contributed by atoms with E-state index in [0.29, 0.717) is 35.5 Å². The Morgan fingerprint density at radius 2 is 1.61 bits per heavy atom. The van der Waals surface area contributed by atoms with Gasteiger partial charge in [-0.2, -0.15) is 13.2 Å². The zero-order chi connectivity index (χ0) is 20.7. The quantitative estimate of drug-likeness (QED) is 0.584. The highest BCUT2D eigenvalue weighted by Crippen LogP contribution is 2.31. The van der Waals surface area contributed by atoms with Crippen LogP contribution in [0.4, 0.5) is 18.9 Å². The standard InChI is InChI=1S/C20H23F3N2O2S/c1-4-26-17-11-6-14(12-18(17)27-5-2)13(3)24-19(28)25-16-9-7-15(8-10-16)20(21,22)23/h6-13H,4-5H2,1-3H3,(H2,24,25,28)/t13-/m1/s1. The fourth-order valence-corrected chi connectivity index (χ4v) is 2.82. The van der Waals surface area contributed by atoms with Crippen molar-refractivity contribution < 1.29 is 22.6 Å². The van der Waals surface area contributed by atoms with E-state index in [1.165, 1.54) is 12.1 Å². The van der Waals surface area contributed by atoms with Crippen LogP contribution in [0.15, 0.2) is 42.5 Å². The first-order valence-corrected chi connectivity index (χ1v) is 9.29. The largest absolute Gasteiger partial charge is 0.490 e. The van der Waals surface area contributed by atoms with E-state index in [4.69, 9.17) is 21.7 Å². The smallest absolute Gasteiger partial charge is 0.416 e. The van der Waals surface area contributed by atoms with Crippen molar-refractivity contribution in [2.24, 2.45) is 0 Å². The van der Waals surface area contributed by atoms with Crippen LogP contribution >= 0.6 is 12.2 Å². The molecule has 0 bridgehead atoms. The number of nitrogens with one attached hydrogen (secondary N) is 2. The minimum atomic E-state index is -4.36. The molecule has 2 rings (SSSR count). The van der Waals surface area contributed by atoms with Gasteiger partial charge in [0.05, 0.1) is 24.8 Å². The Morgan fingerprint density at radius 3 is 2.18 bits per heavy atom. The van der Waals surface area contributed by atoms with Crippen LogP contribution in [0.5, 0.6) is 11.5 Å². The summed E-state index contributed by atoms with van der Waals surface area (Å²) in [5.74, 6) is 1.32. The molecule has 0 fully saturated rings. The van der Waals surface area contributed by atoms with Crippen LogP contribution in [-0.4, -0.2) is 18.3 Å². The molecule has 2 aromatic carbocycles. The lowest BCUT2D eigenvalue weighted by atomic mass is 10.1. The van der Waals surface area contributed by atoms with Crippen LogP contribution in [0, 0.1) is 0 Å². The maximum Gasteiger partial charge on any atom is 0.416 e. The van der Waals surface area contributed by atoms with E-state index >= 15 is 0 Å². The topological polar surface area (TPSA) is 42.5 Å². The first kappa shape index (κ1) is 21.8. The second kappa shape index (κ2) is 9.64. The van der Waals surface area contributed by atoms with Crippen LogP contribution in [0.2, 0.25) is 0 Å². The summed E-state index contributed by atoms with van der Waals surface area (Å²) in [6.45, 7) is 6.77. The van der Waals surface area contributed by atoms with E-state index < -0.39 is 11.7 Å².